The Labute approximate surface area is 137 Å². The van der Waals surface area contributed by atoms with Gasteiger partial charge in [-0.3, -0.25) is 4.79 Å². The van der Waals surface area contributed by atoms with Gasteiger partial charge in [0.25, 0.3) is 0 Å². The minimum atomic E-state index is 0.0424. The van der Waals surface area contributed by atoms with Crippen molar-refractivity contribution in [2.75, 3.05) is 6.26 Å². The molecule has 1 aromatic carbocycles. The lowest BCUT2D eigenvalue weighted by Crippen LogP contribution is -2.04. The summed E-state index contributed by atoms with van der Waals surface area (Å²) < 4.78 is 0. The molecule has 3 aromatic rings. The van der Waals surface area contributed by atoms with Crippen molar-refractivity contribution in [2.24, 2.45) is 0 Å². The summed E-state index contributed by atoms with van der Waals surface area (Å²) in [5.41, 5.74) is 3.94. The fourth-order valence-electron chi connectivity index (χ4n) is 2.45. The van der Waals surface area contributed by atoms with Gasteiger partial charge in [0.05, 0.1) is 16.9 Å². The first-order chi connectivity index (χ1) is 10.5. The summed E-state index contributed by atoms with van der Waals surface area (Å²) >= 11 is 3.27. The number of rotatable bonds is 3. The van der Waals surface area contributed by atoms with E-state index in [1.807, 2.05) is 18.4 Å². The molecule has 1 N–H and O–H groups in total. The fourth-order valence-corrected chi connectivity index (χ4v) is 4.01. The standard InChI is InChI=1S/C17H18N2OS2/c1-9(2)13-8-22-17(19-13)12-7-14(20)11-5-6-15(21-4)10(3)16(11)18-12/h5-9H,1-4H3,(H,18,20). The van der Waals surface area contributed by atoms with E-state index in [-0.39, 0.29) is 5.43 Å². The predicted octanol–water partition coefficient (Wildman–Crippen LogP) is 4.81. The van der Waals surface area contributed by atoms with E-state index in [4.69, 9.17) is 0 Å². The molecule has 5 heteroatoms. The maximum absolute atomic E-state index is 12.4. The van der Waals surface area contributed by atoms with Crippen molar-refractivity contribution in [1.82, 2.24) is 9.97 Å². The third-order valence-electron chi connectivity index (χ3n) is 3.78. The molecule has 2 aromatic heterocycles. The lowest BCUT2D eigenvalue weighted by molar-refractivity contribution is 0.834. The predicted molar refractivity (Wildman–Crippen MR) is 96.3 cm³/mol. The molecule has 0 aliphatic rings. The van der Waals surface area contributed by atoms with Crippen LogP contribution in [0.5, 0.6) is 0 Å². The molecule has 0 aliphatic carbocycles. The summed E-state index contributed by atoms with van der Waals surface area (Å²) in [5, 5.41) is 3.67. The first-order valence-electron chi connectivity index (χ1n) is 7.17. The Hall–Kier alpha value is -1.59. The number of nitrogens with one attached hydrogen (secondary N) is 1. The van der Waals surface area contributed by atoms with Crippen molar-refractivity contribution in [3.05, 3.63) is 45.1 Å². The van der Waals surface area contributed by atoms with Crippen LogP contribution in [0.3, 0.4) is 0 Å². The summed E-state index contributed by atoms with van der Waals surface area (Å²) in [5.74, 6) is 0.391. The molecule has 0 saturated carbocycles. The normalized spacial score (nSPS) is 11.5. The van der Waals surface area contributed by atoms with Crippen LogP contribution >= 0.6 is 23.1 Å². The van der Waals surface area contributed by atoms with Gasteiger partial charge in [-0.15, -0.1) is 23.1 Å². The maximum Gasteiger partial charge on any atom is 0.190 e. The average Bonchev–Trinajstić information content (AvgIpc) is 2.98. The molecule has 0 bridgehead atoms. The number of aryl methyl sites for hydroxylation is 1. The molecule has 0 spiro atoms. The smallest absolute Gasteiger partial charge is 0.190 e. The van der Waals surface area contributed by atoms with Crippen molar-refractivity contribution in [1.29, 1.82) is 0 Å². The number of nitrogens with zero attached hydrogens (tertiary/aromatic N) is 1. The van der Waals surface area contributed by atoms with Gasteiger partial charge in [-0.2, -0.15) is 0 Å². The lowest BCUT2D eigenvalue weighted by Gasteiger charge is -2.08. The molecule has 3 nitrogen and oxygen atoms in total. The van der Waals surface area contributed by atoms with E-state index in [9.17, 15) is 4.79 Å². The lowest BCUT2D eigenvalue weighted by atomic mass is 10.1. The molecule has 0 amide bonds. The highest BCUT2D eigenvalue weighted by atomic mass is 32.2. The zero-order valence-corrected chi connectivity index (χ0v) is 14.7. The summed E-state index contributed by atoms with van der Waals surface area (Å²) in [4.78, 5) is 21.7. The second-order valence-electron chi connectivity index (χ2n) is 5.59. The molecule has 114 valence electrons. The van der Waals surface area contributed by atoms with Crippen molar-refractivity contribution < 1.29 is 0 Å². The first-order valence-corrected chi connectivity index (χ1v) is 9.28. The van der Waals surface area contributed by atoms with Gasteiger partial charge < -0.3 is 4.98 Å². The van der Waals surface area contributed by atoms with Crippen LogP contribution in [0.4, 0.5) is 0 Å². The third kappa shape index (κ3) is 2.59. The number of fused-ring (bicyclic) bond motifs is 1. The van der Waals surface area contributed by atoms with Crippen molar-refractivity contribution >= 4 is 34.0 Å². The maximum atomic E-state index is 12.4. The molecule has 0 unspecified atom stereocenters. The van der Waals surface area contributed by atoms with Crippen LogP contribution in [0, 0.1) is 6.92 Å². The van der Waals surface area contributed by atoms with E-state index in [1.54, 1.807) is 29.2 Å². The molecule has 0 atom stereocenters. The zero-order chi connectivity index (χ0) is 15.9. The fraction of sp³-hybridized carbons (Fsp3) is 0.294. The van der Waals surface area contributed by atoms with E-state index < -0.39 is 0 Å². The van der Waals surface area contributed by atoms with Gasteiger partial charge in [-0.25, -0.2) is 4.98 Å². The molecule has 0 radical (unpaired) electrons. The highest BCUT2D eigenvalue weighted by Crippen LogP contribution is 2.29. The molecule has 0 aliphatic heterocycles. The average molecular weight is 330 g/mol. The Morgan fingerprint density at radius 2 is 2.09 bits per heavy atom. The monoisotopic (exact) mass is 330 g/mol. The minimum Gasteiger partial charge on any atom is -0.352 e. The van der Waals surface area contributed by atoms with Gasteiger partial charge in [0.2, 0.25) is 0 Å². The molecule has 3 rings (SSSR count). The number of aromatic amines is 1. The Morgan fingerprint density at radius 1 is 1.32 bits per heavy atom. The molecular formula is C17H18N2OS2. The first kappa shape index (κ1) is 15.3. The van der Waals surface area contributed by atoms with E-state index in [0.29, 0.717) is 5.92 Å². The number of thiazole rings is 1. The van der Waals surface area contributed by atoms with Crippen LogP contribution in [-0.2, 0) is 0 Å². The van der Waals surface area contributed by atoms with Crippen molar-refractivity contribution in [3.63, 3.8) is 0 Å². The van der Waals surface area contributed by atoms with Crippen LogP contribution in [0.1, 0.15) is 31.0 Å². The van der Waals surface area contributed by atoms with E-state index in [0.717, 1.165) is 32.9 Å². The third-order valence-corrected chi connectivity index (χ3v) is 5.56. The summed E-state index contributed by atoms with van der Waals surface area (Å²) in [7, 11) is 0. The van der Waals surface area contributed by atoms with Gasteiger partial charge >= 0.3 is 0 Å². The van der Waals surface area contributed by atoms with Crippen molar-refractivity contribution in [3.8, 4) is 10.7 Å². The number of benzene rings is 1. The quantitative estimate of drug-likeness (QED) is 0.701. The molecular weight excluding hydrogens is 312 g/mol. The van der Waals surface area contributed by atoms with Gasteiger partial charge in [0.15, 0.2) is 5.43 Å². The number of thioether (sulfide) groups is 1. The second-order valence-corrected chi connectivity index (χ2v) is 7.30. The summed E-state index contributed by atoms with van der Waals surface area (Å²) in [6, 6.07) is 5.57. The van der Waals surface area contributed by atoms with Crippen molar-refractivity contribution in [2.45, 2.75) is 31.6 Å². The van der Waals surface area contributed by atoms with E-state index in [1.165, 1.54) is 4.90 Å². The van der Waals surface area contributed by atoms with Crippen LogP contribution < -0.4 is 5.43 Å². The number of pyridine rings is 1. The van der Waals surface area contributed by atoms with Gasteiger partial charge in [-0.05, 0) is 36.8 Å². The highest BCUT2D eigenvalue weighted by molar-refractivity contribution is 7.98. The van der Waals surface area contributed by atoms with Crippen LogP contribution in [0.25, 0.3) is 21.6 Å². The Kier molecular flexibility index (Phi) is 4.10. The van der Waals surface area contributed by atoms with Gasteiger partial charge in [-0.1, -0.05) is 13.8 Å². The second kappa shape index (κ2) is 5.89. The molecule has 2 heterocycles. The Morgan fingerprint density at radius 3 is 2.73 bits per heavy atom. The number of aromatic nitrogens is 2. The van der Waals surface area contributed by atoms with Crippen LogP contribution in [0.2, 0.25) is 0 Å². The Balaban J connectivity index is 2.22. The number of hydrogen-bond donors (Lipinski definition) is 1. The molecule has 0 fully saturated rings. The van der Waals surface area contributed by atoms with Crippen LogP contribution in [0.15, 0.2) is 33.3 Å². The van der Waals surface area contributed by atoms with Crippen LogP contribution in [-0.4, -0.2) is 16.2 Å². The summed E-state index contributed by atoms with van der Waals surface area (Å²) in [6.07, 6.45) is 2.05. The molecule has 22 heavy (non-hydrogen) atoms. The summed E-state index contributed by atoms with van der Waals surface area (Å²) in [6.45, 7) is 6.29. The largest absolute Gasteiger partial charge is 0.352 e. The van der Waals surface area contributed by atoms with E-state index in [2.05, 4.69) is 36.1 Å². The highest BCUT2D eigenvalue weighted by Gasteiger charge is 2.12. The van der Waals surface area contributed by atoms with Gasteiger partial charge in [0, 0.05) is 21.7 Å². The number of hydrogen-bond acceptors (Lipinski definition) is 4. The SMILES string of the molecule is CSc1ccc2c(=O)cc(-c3nc(C(C)C)cs3)[nH]c2c1C. The minimum absolute atomic E-state index is 0.0424. The molecule has 0 saturated heterocycles. The topological polar surface area (TPSA) is 45.8 Å². The zero-order valence-electron chi connectivity index (χ0n) is 13.1. The Bertz CT molecular complexity index is 893. The van der Waals surface area contributed by atoms with Gasteiger partial charge in [0.1, 0.15) is 5.01 Å². The van der Waals surface area contributed by atoms with E-state index >= 15 is 0 Å². The number of H-pyrrole nitrogens is 1.